The van der Waals surface area contributed by atoms with Crippen LogP contribution >= 0.6 is 0 Å². The lowest BCUT2D eigenvalue weighted by atomic mass is 9.83. The first-order chi connectivity index (χ1) is 18.4. The molecule has 4 heteroatoms. The number of benzene rings is 6. The van der Waals surface area contributed by atoms with Crippen molar-refractivity contribution in [1.29, 1.82) is 0 Å². The van der Waals surface area contributed by atoms with E-state index in [4.69, 9.17) is 9.47 Å². The van der Waals surface area contributed by atoms with Gasteiger partial charge in [-0.25, -0.2) is 0 Å². The molecule has 0 aromatic heterocycles. The lowest BCUT2D eigenvalue weighted by Gasteiger charge is -2.22. The lowest BCUT2D eigenvalue weighted by molar-refractivity contribution is -0.132. The van der Waals surface area contributed by atoms with Crippen LogP contribution in [-0.4, -0.2) is 11.9 Å². The number of esters is 2. The van der Waals surface area contributed by atoms with Gasteiger partial charge in [0.25, 0.3) is 0 Å². The Hall–Kier alpha value is -4.70. The fourth-order valence-electron chi connectivity index (χ4n) is 5.76. The third-order valence-electron chi connectivity index (χ3n) is 7.16. The molecule has 0 aliphatic rings. The van der Waals surface area contributed by atoms with Gasteiger partial charge < -0.3 is 9.47 Å². The molecule has 186 valence electrons. The van der Waals surface area contributed by atoms with E-state index in [1.54, 1.807) is 0 Å². The van der Waals surface area contributed by atoms with Gasteiger partial charge in [0.2, 0.25) is 0 Å². The van der Waals surface area contributed by atoms with E-state index < -0.39 is 0 Å². The minimum absolute atomic E-state index is 0.358. The van der Waals surface area contributed by atoms with Gasteiger partial charge in [-0.15, -0.1) is 0 Å². The Morgan fingerprint density at radius 1 is 0.474 bits per heavy atom. The fourth-order valence-corrected chi connectivity index (χ4v) is 5.76. The average Bonchev–Trinajstić information content (AvgIpc) is 2.89. The third-order valence-corrected chi connectivity index (χ3v) is 7.16. The van der Waals surface area contributed by atoms with E-state index in [2.05, 4.69) is 38.1 Å². The van der Waals surface area contributed by atoms with Crippen LogP contribution in [-0.2, 0) is 9.59 Å². The molecule has 6 rings (SSSR count). The molecule has 0 fully saturated rings. The summed E-state index contributed by atoms with van der Waals surface area (Å²) in [7, 11) is 0. The molecule has 38 heavy (non-hydrogen) atoms. The maximum atomic E-state index is 12.2. The van der Waals surface area contributed by atoms with Crippen molar-refractivity contribution < 1.29 is 19.1 Å². The molecule has 6 aromatic rings. The second-order valence-electron chi connectivity index (χ2n) is 9.68. The lowest BCUT2D eigenvalue weighted by Crippen LogP contribution is -2.05. The summed E-state index contributed by atoms with van der Waals surface area (Å²) in [6.07, 6.45) is 0. The van der Waals surface area contributed by atoms with Crippen molar-refractivity contribution in [1.82, 2.24) is 0 Å². The van der Waals surface area contributed by atoms with Crippen molar-refractivity contribution in [2.24, 2.45) is 0 Å². The largest absolute Gasteiger partial charge is 0.425 e. The van der Waals surface area contributed by atoms with Gasteiger partial charge in [-0.1, -0.05) is 84.9 Å². The monoisotopic (exact) mass is 498 g/mol. The Balaban J connectivity index is 1.94. The number of hydrogen-bond acceptors (Lipinski definition) is 4. The molecule has 0 heterocycles. The molecule has 0 unspecified atom stereocenters. The van der Waals surface area contributed by atoms with E-state index in [0.29, 0.717) is 11.5 Å². The smallest absolute Gasteiger partial charge is 0.308 e. The molecule has 0 aliphatic heterocycles. The Kier molecular flexibility index (Phi) is 5.61. The number of aryl methyl sites for hydroxylation is 2. The Bertz CT molecular complexity index is 1810. The minimum Gasteiger partial charge on any atom is -0.425 e. The molecule has 0 bridgehead atoms. The van der Waals surface area contributed by atoms with Crippen molar-refractivity contribution in [2.45, 2.75) is 27.7 Å². The van der Waals surface area contributed by atoms with Crippen LogP contribution in [0.15, 0.2) is 84.9 Å². The third kappa shape index (κ3) is 3.60. The van der Waals surface area contributed by atoms with Crippen molar-refractivity contribution in [3.05, 3.63) is 96.1 Å². The Labute approximate surface area is 220 Å². The highest BCUT2D eigenvalue weighted by atomic mass is 16.5. The van der Waals surface area contributed by atoms with Gasteiger partial charge in [-0.3, -0.25) is 9.59 Å². The Morgan fingerprint density at radius 3 is 1.18 bits per heavy atom. The van der Waals surface area contributed by atoms with Crippen molar-refractivity contribution in [3.8, 4) is 22.6 Å². The fraction of sp³-hybridized carbons (Fsp3) is 0.118. The van der Waals surface area contributed by atoms with Gasteiger partial charge in [0.05, 0.1) is 0 Å². The molecule has 6 aromatic carbocycles. The van der Waals surface area contributed by atoms with Crippen LogP contribution in [0.1, 0.15) is 25.0 Å². The number of hydrogen-bond donors (Lipinski definition) is 0. The molecular weight excluding hydrogens is 472 g/mol. The van der Waals surface area contributed by atoms with Crippen molar-refractivity contribution in [2.75, 3.05) is 0 Å². The quantitative estimate of drug-likeness (QED) is 0.140. The number of rotatable bonds is 3. The number of carbonyl (C=O) groups is 2. The predicted octanol–water partition coefficient (Wildman–Crippen LogP) is 8.43. The number of carbonyl (C=O) groups excluding carboxylic acids is 2. The zero-order chi connectivity index (χ0) is 26.6. The molecule has 0 saturated carbocycles. The van der Waals surface area contributed by atoms with Gasteiger partial charge in [-0.05, 0) is 57.6 Å². The summed E-state index contributed by atoms with van der Waals surface area (Å²) in [5.74, 6) is 0.418. The van der Waals surface area contributed by atoms with Crippen LogP contribution in [0.25, 0.3) is 54.2 Å². The summed E-state index contributed by atoms with van der Waals surface area (Å²) < 4.78 is 11.7. The van der Waals surface area contributed by atoms with Gasteiger partial charge in [0, 0.05) is 35.4 Å². The number of ether oxygens (including phenoxy) is 2. The molecule has 0 radical (unpaired) electrons. The molecule has 0 spiro atoms. The van der Waals surface area contributed by atoms with Gasteiger partial charge in [-0.2, -0.15) is 0 Å². The first-order valence-electron chi connectivity index (χ1n) is 12.6. The van der Waals surface area contributed by atoms with Gasteiger partial charge in [0.1, 0.15) is 11.5 Å². The molecular formula is C34H26O4. The zero-order valence-corrected chi connectivity index (χ0v) is 21.7. The van der Waals surface area contributed by atoms with E-state index in [1.807, 2.05) is 60.7 Å². The van der Waals surface area contributed by atoms with Gasteiger partial charge >= 0.3 is 11.9 Å². The zero-order valence-electron chi connectivity index (χ0n) is 21.7. The average molecular weight is 499 g/mol. The summed E-state index contributed by atoms with van der Waals surface area (Å²) in [5, 5.41) is 7.51. The van der Waals surface area contributed by atoms with E-state index in [0.717, 1.165) is 65.3 Å². The van der Waals surface area contributed by atoms with Crippen LogP contribution in [0.2, 0.25) is 0 Å². The summed E-state index contributed by atoms with van der Waals surface area (Å²) in [4.78, 5) is 24.4. The predicted molar refractivity (Wildman–Crippen MR) is 154 cm³/mol. The summed E-state index contributed by atoms with van der Waals surface area (Å²) in [6, 6.07) is 28.3. The van der Waals surface area contributed by atoms with Crippen LogP contribution in [0.4, 0.5) is 0 Å². The first kappa shape index (κ1) is 23.7. The summed E-state index contributed by atoms with van der Waals surface area (Å²) in [6.45, 7) is 7.04. The van der Waals surface area contributed by atoms with Crippen LogP contribution in [0.3, 0.4) is 0 Å². The first-order valence-corrected chi connectivity index (χ1v) is 12.6. The van der Waals surface area contributed by atoms with Crippen molar-refractivity contribution >= 4 is 55.0 Å². The maximum Gasteiger partial charge on any atom is 0.308 e. The summed E-state index contributed by atoms with van der Waals surface area (Å²) >= 11 is 0. The SMILES string of the molecule is CC(=O)Oc1c2ccccc2c(-c2c3ccccc3c(OC(C)=O)c3cccc(C)c23)c2c(C)cccc12. The molecule has 0 aliphatic carbocycles. The van der Waals surface area contributed by atoms with Crippen LogP contribution in [0, 0.1) is 13.8 Å². The number of fused-ring (bicyclic) bond motifs is 4. The van der Waals surface area contributed by atoms with E-state index >= 15 is 0 Å². The molecule has 0 amide bonds. The topological polar surface area (TPSA) is 52.6 Å². The molecule has 0 N–H and O–H groups in total. The van der Waals surface area contributed by atoms with Crippen LogP contribution < -0.4 is 9.47 Å². The minimum atomic E-state index is -0.358. The molecule has 4 nitrogen and oxygen atoms in total. The maximum absolute atomic E-state index is 12.2. The molecule has 0 atom stereocenters. The van der Waals surface area contributed by atoms with E-state index in [-0.39, 0.29) is 11.9 Å². The van der Waals surface area contributed by atoms with Gasteiger partial charge in [0.15, 0.2) is 0 Å². The van der Waals surface area contributed by atoms with E-state index in [1.165, 1.54) is 13.8 Å². The van der Waals surface area contributed by atoms with Crippen LogP contribution in [0.5, 0.6) is 11.5 Å². The van der Waals surface area contributed by atoms with Crippen molar-refractivity contribution in [3.63, 3.8) is 0 Å². The summed E-state index contributed by atoms with van der Waals surface area (Å²) in [5.41, 5.74) is 4.28. The highest BCUT2D eigenvalue weighted by Crippen LogP contribution is 2.51. The second kappa shape index (κ2) is 9.00. The standard InChI is InChI=1S/C34H26O4/c1-19-11-9-17-27-29(19)31(23-13-5-7-15-25(23)33(27)37-21(3)35)32-24-14-6-8-16-26(24)34(38-22(4)36)28-18-10-12-20(2)30(28)32/h5-18H,1-4H3. The highest BCUT2D eigenvalue weighted by Gasteiger charge is 2.24. The Morgan fingerprint density at radius 2 is 0.816 bits per heavy atom. The highest BCUT2D eigenvalue weighted by molar-refractivity contribution is 6.27. The second-order valence-corrected chi connectivity index (χ2v) is 9.68. The normalized spacial score (nSPS) is 11.4. The molecule has 0 saturated heterocycles. The van der Waals surface area contributed by atoms with E-state index in [9.17, 15) is 9.59 Å².